The van der Waals surface area contributed by atoms with Crippen LogP contribution < -0.4 is 44.2 Å². The fourth-order valence-electron chi connectivity index (χ4n) is 2.81. The Bertz CT molecular complexity index is 688. The second-order valence-electron chi connectivity index (χ2n) is 7.78. The van der Waals surface area contributed by atoms with Gasteiger partial charge in [0.1, 0.15) is 10.1 Å². The molecule has 14 heteroatoms. The van der Waals surface area contributed by atoms with Crippen LogP contribution in [0.15, 0.2) is 0 Å². The van der Waals surface area contributed by atoms with Crippen LogP contribution in [0.5, 0.6) is 0 Å². The number of esters is 2. The molecule has 0 amide bonds. The summed E-state index contributed by atoms with van der Waals surface area (Å²) in [6.45, 7) is 8.26. The van der Waals surface area contributed by atoms with Gasteiger partial charge in [-0.1, -0.05) is 66.2 Å². The van der Waals surface area contributed by atoms with Gasteiger partial charge in [0, 0.05) is 0 Å². The number of hydrogen-bond donors (Lipinski definition) is 0. The Morgan fingerprint density at radius 1 is 0.853 bits per heavy atom. The summed E-state index contributed by atoms with van der Waals surface area (Å²) in [7, 11) is -10.4. The van der Waals surface area contributed by atoms with Crippen LogP contribution in [-0.2, 0) is 33.7 Å². The van der Waals surface area contributed by atoms with Crippen LogP contribution in [0.2, 0.25) is 0 Å². The minimum atomic E-state index is -5.39. The summed E-state index contributed by atoms with van der Waals surface area (Å²) in [5.74, 6) is -1.74. The Labute approximate surface area is 225 Å². The Morgan fingerprint density at radius 3 is 1.56 bits per heavy atom. The summed E-state index contributed by atoms with van der Waals surface area (Å²) in [6, 6.07) is 0. The Hall–Kier alpha value is -0.0400. The molecule has 0 saturated carbocycles. The summed E-state index contributed by atoms with van der Waals surface area (Å²) < 4.78 is 53.1. The molecule has 0 bridgehead atoms. The predicted molar refractivity (Wildman–Crippen MR) is 114 cm³/mol. The average Bonchev–Trinajstić information content (AvgIpc) is 2.70. The van der Waals surface area contributed by atoms with Crippen molar-refractivity contribution in [3.63, 3.8) is 0 Å². The van der Waals surface area contributed by atoms with E-state index in [2.05, 4.69) is 13.8 Å². The molecule has 0 aliphatic heterocycles. The Balaban J connectivity index is -0.00000144. The molecule has 0 rings (SSSR count). The molecule has 11 nitrogen and oxygen atoms in total. The molecule has 0 aliphatic carbocycles. The largest absolute Gasteiger partial charge is 1.00 e. The van der Waals surface area contributed by atoms with Gasteiger partial charge in [0.25, 0.3) is 0 Å². The number of phosphoric acid groups is 1. The molecular weight excluding hydrogens is 502 g/mol. The molecule has 0 aliphatic rings. The fourth-order valence-corrected chi connectivity index (χ4v) is 3.46. The van der Waals surface area contributed by atoms with E-state index in [1.807, 2.05) is 13.8 Å². The van der Waals surface area contributed by atoms with Crippen LogP contribution in [0.3, 0.4) is 0 Å². The van der Waals surface area contributed by atoms with Crippen molar-refractivity contribution in [2.24, 2.45) is 11.8 Å². The Morgan fingerprint density at radius 2 is 1.24 bits per heavy atom. The summed E-state index contributed by atoms with van der Waals surface area (Å²) in [5, 5.41) is -2.06. The summed E-state index contributed by atoms with van der Waals surface area (Å²) in [6.07, 6.45) is 6.58. The number of hydrogen-bond acceptors (Lipinski definition) is 11. The van der Waals surface area contributed by atoms with Crippen molar-refractivity contribution in [2.75, 3.05) is 13.2 Å². The first-order valence-corrected chi connectivity index (χ1v) is 14.1. The SMILES string of the molecule is CCCCC(CC)COC(=O)CC(C(=O)OCC(CC)CCCC)S(=O)(=O)[O-].O=P([O-])([O-])[O-].[Na+]. The third-order valence-electron chi connectivity index (χ3n) is 4.99. The molecule has 3 unspecified atom stereocenters. The van der Waals surface area contributed by atoms with Crippen molar-refractivity contribution >= 4 is 29.9 Å². The van der Waals surface area contributed by atoms with Gasteiger partial charge in [-0.25, -0.2) is 8.42 Å². The topological polar surface area (TPSA) is 196 Å². The molecule has 0 aromatic carbocycles. The molecule has 0 N–H and O–H groups in total. The minimum Gasteiger partial charge on any atom is -0.822 e. The van der Waals surface area contributed by atoms with E-state index in [1.165, 1.54) is 0 Å². The molecule has 34 heavy (non-hydrogen) atoms. The zero-order valence-corrected chi connectivity index (χ0v) is 24.6. The van der Waals surface area contributed by atoms with Crippen molar-refractivity contribution in [1.82, 2.24) is 0 Å². The second-order valence-corrected chi connectivity index (χ2v) is 10.2. The van der Waals surface area contributed by atoms with Crippen LogP contribution in [-0.4, -0.2) is 43.4 Å². The maximum Gasteiger partial charge on any atom is 1.00 e. The van der Waals surface area contributed by atoms with Gasteiger partial charge in [0.2, 0.25) is 0 Å². The summed E-state index contributed by atoms with van der Waals surface area (Å²) in [5.41, 5.74) is 0. The average molecular weight is 540 g/mol. The third-order valence-corrected chi connectivity index (χ3v) is 6.05. The van der Waals surface area contributed by atoms with Crippen molar-refractivity contribution in [3.8, 4) is 0 Å². The van der Waals surface area contributed by atoms with Gasteiger partial charge < -0.3 is 33.3 Å². The van der Waals surface area contributed by atoms with Crippen LogP contribution in [0.25, 0.3) is 0 Å². The van der Waals surface area contributed by atoms with Gasteiger partial charge >= 0.3 is 41.5 Å². The van der Waals surface area contributed by atoms with Crippen molar-refractivity contribution in [2.45, 2.75) is 90.7 Å². The molecule has 0 fully saturated rings. The quantitative estimate of drug-likeness (QED) is 0.0909. The fraction of sp³-hybridized carbons (Fsp3) is 0.900. The number of ether oxygens (including phenoxy) is 2. The first kappa shape index (κ1) is 38.5. The second kappa shape index (κ2) is 21.1. The van der Waals surface area contributed by atoms with E-state index in [9.17, 15) is 22.6 Å². The molecule has 0 spiro atoms. The van der Waals surface area contributed by atoms with E-state index in [1.54, 1.807) is 0 Å². The van der Waals surface area contributed by atoms with Gasteiger partial charge in [-0.15, -0.1) is 0 Å². The molecular formula is C20H37NaO11PS-3. The van der Waals surface area contributed by atoms with E-state index in [4.69, 9.17) is 28.7 Å². The molecule has 3 atom stereocenters. The normalized spacial score (nSPS) is 14.0. The van der Waals surface area contributed by atoms with Crippen molar-refractivity contribution in [1.29, 1.82) is 0 Å². The zero-order chi connectivity index (χ0) is 26.1. The molecule has 0 heterocycles. The first-order valence-electron chi connectivity index (χ1n) is 11.2. The van der Waals surface area contributed by atoms with Gasteiger partial charge in [-0.2, -0.15) is 7.82 Å². The van der Waals surface area contributed by atoms with Crippen LogP contribution in [0.1, 0.15) is 85.5 Å². The number of carbonyl (C=O) groups excluding carboxylic acids is 2. The monoisotopic (exact) mass is 539 g/mol. The number of carbonyl (C=O) groups is 2. The van der Waals surface area contributed by atoms with Gasteiger partial charge in [0.15, 0.2) is 5.25 Å². The smallest absolute Gasteiger partial charge is 0.822 e. The van der Waals surface area contributed by atoms with Crippen LogP contribution in [0, 0.1) is 11.8 Å². The van der Waals surface area contributed by atoms with Gasteiger partial charge in [-0.05, 0) is 24.7 Å². The zero-order valence-electron chi connectivity index (χ0n) is 20.9. The molecule has 0 radical (unpaired) electrons. The minimum absolute atomic E-state index is 0. The standard InChI is InChI=1S/C20H38O7S.Na.H3O4P/c1-5-9-11-16(7-3)14-26-19(21)13-18(28(23,24)25)20(22)27-15-17(8-4)12-10-6-2;;1-5(2,3)4/h16-18H,5-15H2,1-4H3,(H,23,24,25);;(H3,1,2,3,4)/q;+1;/p-4. The van der Waals surface area contributed by atoms with Crippen molar-refractivity contribution < 1.29 is 80.8 Å². The summed E-state index contributed by atoms with van der Waals surface area (Å²) in [4.78, 5) is 49.8. The van der Waals surface area contributed by atoms with Gasteiger partial charge in [0.05, 0.1) is 19.6 Å². The molecule has 0 aromatic rings. The van der Waals surface area contributed by atoms with E-state index in [-0.39, 0.29) is 54.6 Å². The van der Waals surface area contributed by atoms with E-state index in [0.717, 1.165) is 51.4 Å². The van der Waals surface area contributed by atoms with Crippen LogP contribution in [0.4, 0.5) is 0 Å². The third kappa shape index (κ3) is 23.7. The predicted octanol–water partition coefficient (Wildman–Crippen LogP) is -2.01. The number of unbranched alkanes of at least 4 members (excludes halogenated alkanes) is 2. The first-order chi connectivity index (χ1) is 15.2. The molecule has 198 valence electrons. The maximum atomic E-state index is 12.1. The van der Waals surface area contributed by atoms with Crippen molar-refractivity contribution in [3.05, 3.63) is 0 Å². The molecule has 0 saturated heterocycles. The van der Waals surface area contributed by atoms with Crippen LogP contribution >= 0.6 is 7.82 Å². The summed E-state index contributed by atoms with van der Waals surface area (Å²) >= 11 is 0. The van der Waals surface area contributed by atoms with E-state index >= 15 is 0 Å². The number of rotatable bonds is 16. The van der Waals surface area contributed by atoms with Gasteiger partial charge in [-0.3, -0.25) is 9.59 Å². The Kier molecular flexibility index (Phi) is 23.9. The molecule has 0 aromatic heterocycles. The maximum absolute atomic E-state index is 12.1. The van der Waals surface area contributed by atoms with E-state index in [0.29, 0.717) is 0 Å². The van der Waals surface area contributed by atoms with E-state index < -0.39 is 41.6 Å².